The minimum atomic E-state index is -3.84. The van der Waals surface area contributed by atoms with Crippen LogP contribution in [0.25, 0.3) is 0 Å². The molecule has 0 saturated heterocycles. The summed E-state index contributed by atoms with van der Waals surface area (Å²) in [7, 11) is -3.84. The van der Waals surface area contributed by atoms with E-state index in [9.17, 15) is 13.2 Å². The van der Waals surface area contributed by atoms with Gasteiger partial charge < -0.3 is 5.11 Å². The van der Waals surface area contributed by atoms with E-state index < -0.39 is 22.6 Å². The maximum Gasteiger partial charge on any atom is 0.331 e. The lowest BCUT2D eigenvalue weighted by Crippen LogP contribution is -2.26. The standard InChI is InChI=1S/C8H8BrNO5S/c9-6-2-1-3-7(4-6)16(13,14)10-15-5-8(11)12/h1-4,10H,5H2,(H,11,12). The van der Waals surface area contributed by atoms with E-state index in [1.165, 1.54) is 18.2 Å². The summed E-state index contributed by atoms with van der Waals surface area (Å²) in [5, 5.41) is 8.26. The molecule has 0 saturated carbocycles. The van der Waals surface area contributed by atoms with Gasteiger partial charge in [0.05, 0.1) is 4.90 Å². The second kappa shape index (κ2) is 5.39. The van der Waals surface area contributed by atoms with Crippen LogP contribution in [-0.2, 0) is 19.7 Å². The Morgan fingerprint density at radius 3 is 2.75 bits per heavy atom. The maximum atomic E-state index is 11.5. The van der Waals surface area contributed by atoms with Gasteiger partial charge in [-0.1, -0.05) is 26.9 Å². The third-order valence-corrected chi connectivity index (χ3v) is 3.18. The van der Waals surface area contributed by atoms with Crippen molar-refractivity contribution in [2.75, 3.05) is 6.61 Å². The Hall–Kier alpha value is -0.960. The van der Waals surface area contributed by atoms with Crippen molar-refractivity contribution in [3.05, 3.63) is 28.7 Å². The van der Waals surface area contributed by atoms with Crippen LogP contribution in [0, 0.1) is 0 Å². The molecule has 0 aromatic heterocycles. The van der Waals surface area contributed by atoms with Gasteiger partial charge in [-0.3, -0.25) is 4.84 Å². The lowest BCUT2D eigenvalue weighted by atomic mass is 10.4. The molecule has 0 heterocycles. The van der Waals surface area contributed by atoms with Crippen molar-refractivity contribution in [1.82, 2.24) is 4.89 Å². The zero-order valence-corrected chi connectivity index (χ0v) is 10.3. The third-order valence-electron chi connectivity index (χ3n) is 1.47. The summed E-state index contributed by atoms with van der Waals surface area (Å²) in [6, 6.07) is 5.93. The smallest absolute Gasteiger partial charge is 0.331 e. The average Bonchev–Trinajstić information content (AvgIpc) is 2.16. The number of carboxylic acids is 1. The molecule has 2 N–H and O–H groups in total. The van der Waals surface area contributed by atoms with Gasteiger partial charge in [-0.05, 0) is 18.2 Å². The SMILES string of the molecule is O=C(O)CONS(=O)(=O)c1cccc(Br)c1. The summed E-state index contributed by atoms with van der Waals surface area (Å²) in [6.45, 7) is -0.743. The second-order valence-electron chi connectivity index (χ2n) is 2.73. The number of halogens is 1. The van der Waals surface area contributed by atoms with Crippen LogP contribution in [0.2, 0.25) is 0 Å². The van der Waals surface area contributed by atoms with Crippen LogP contribution in [-0.4, -0.2) is 26.1 Å². The fourth-order valence-electron chi connectivity index (χ4n) is 0.851. The molecule has 0 aliphatic heterocycles. The zero-order valence-electron chi connectivity index (χ0n) is 7.88. The average molecular weight is 310 g/mol. The van der Waals surface area contributed by atoms with Crippen LogP contribution < -0.4 is 4.89 Å². The van der Waals surface area contributed by atoms with Crippen molar-refractivity contribution in [3.8, 4) is 0 Å². The van der Waals surface area contributed by atoms with E-state index in [4.69, 9.17) is 5.11 Å². The first-order valence-corrected chi connectivity index (χ1v) is 6.30. The Kier molecular flexibility index (Phi) is 4.42. The highest BCUT2D eigenvalue weighted by Crippen LogP contribution is 2.15. The number of rotatable bonds is 5. The Labute approximate surface area is 100 Å². The van der Waals surface area contributed by atoms with Crippen molar-refractivity contribution in [3.63, 3.8) is 0 Å². The van der Waals surface area contributed by atoms with Crippen LogP contribution >= 0.6 is 15.9 Å². The molecule has 0 radical (unpaired) electrons. The van der Waals surface area contributed by atoms with Crippen molar-refractivity contribution < 1.29 is 23.2 Å². The highest BCUT2D eigenvalue weighted by molar-refractivity contribution is 9.10. The third kappa shape index (κ3) is 3.89. The monoisotopic (exact) mass is 309 g/mol. The first-order chi connectivity index (χ1) is 7.42. The molecule has 0 aliphatic rings. The maximum absolute atomic E-state index is 11.5. The molecule has 0 aliphatic carbocycles. The van der Waals surface area contributed by atoms with Gasteiger partial charge in [0.25, 0.3) is 10.0 Å². The van der Waals surface area contributed by atoms with Crippen LogP contribution in [0.1, 0.15) is 0 Å². The van der Waals surface area contributed by atoms with Crippen LogP contribution in [0.3, 0.4) is 0 Å². The summed E-state index contributed by atoms with van der Waals surface area (Å²) >= 11 is 3.12. The first kappa shape index (κ1) is 13.1. The number of carboxylic acid groups (broad SMARTS) is 1. The van der Waals surface area contributed by atoms with Gasteiger partial charge in [0.15, 0.2) is 6.61 Å². The molecule has 1 rings (SSSR count). The number of aliphatic carboxylic acids is 1. The zero-order chi connectivity index (χ0) is 12.2. The summed E-state index contributed by atoms with van der Waals surface area (Å²) < 4.78 is 23.6. The van der Waals surface area contributed by atoms with Crippen molar-refractivity contribution in [2.45, 2.75) is 4.90 Å². The van der Waals surface area contributed by atoms with Gasteiger partial charge in [-0.25, -0.2) is 13.2 Å². The molecule has 0 unspecified atom stereocenters. The number of hydrogen-bond donors (Lipinski definition) is 2. The van der Waals surface area contributed by atoms with E-state index >= 15 is 0 Å². The fraction of sp³-hybridized carbons (Fsp3) is 0.125. The summed E-state index contributed by atoms with van der Waals surface area (Å²) in [4.78, 5) is 16.1. The van der Waals surface area contributed by atoms with Gasteiger partial charge in [-0.15, -0.1) is 0 Å². The molecule has 1 aromatic rings. The molecule has 6 nitrogen and oxygen atoms in total. The summed E-state index contributed by atoms with van der Waals surface area (Å²) in [5.74, 6) is -1.27. The number of benzene rings is 1. The molecule has 0 spiro atoms. The molecule has 0 atom stereocenters. The van der Waals surface area contributed by atoms with Crippen LogP contribution in [0.4, 0.5) is 0 Å². The van der Waals surface area contributed by atoms with E-state index in [0.717, 1.165) is 0 Å². The fourth-order valence-corrected chi connectivity index (χ4v) is 2.25. The van der Waals surface area contributed by atoms with E-state index in [1.54, 1.807) is 11.0 Å². The number of sulfonamides is 1. The van der Waals surface area contributed by atoms with Crippen molar-refractivity contribution in [2.24, 2.45) is 0 Å². The summed E-state index contributed by atoms with van der Waals surface area (Å²) in [5.41, 5.74) is 0. The molecule has 0 amide bonds. The van der Waals surface area contributed by atoms with Gasteiger partial charge in [-0.2, -0.15) is 0 Å². The quantitative estimate of drug-likeness (QED) is 0.783. The Morgan fingerprint density at radius 2 is 2.19 bits per heavy atom. The van der Waals surface area contributed by atoms with Crippen LogP contribution in [0.15, 0.2) is 33.6 Å². The van der Waals surface area contributed by atoms with E-state index in [2.05, 4.69) is 20.8 Å². The first-order valence-electron chi connectivity index (χ1n) is 4.03. The van der Waals surface area contributed by atoms with E-state index in [1.807, 2.05) is 0 Å². The molecule has 1 aromatic carbocycles. The number of hydrogen-bond acceptors (Lipinski definition) is 4. The van der Waals surface area contributed by atoms with E-state index in [-0.39, 0.29) is 4.90 Å². The van der Waals surface area contributed by atoms with Gasteiger partial charge >= 0.3 is 5.97 Å². The van der Waals surface area contributed by atoms with Crippen molar-refractivity contribution >= 4 is 31.9 Å². The van der Waals surface area contributed by atoms with Gasteiger partial charge in [0, 0.05) is 4.47 Å². The Bertz CT molecular complexity index is 487. The highest BCUT2D eigenvalue weighted by Gasteiger charge is 2.14. The molecule has 16 heavy (non-hydrogen) atoms. The van der Waals surface area contributed by atoms with Crippen molar-refractivity contribution in [1.29, 1.82) is 0 Å². The minimum Gasteiger partial charge on any atom is -0.479 e. The lowest BCUT2D eigenvalue weighted by Gasteiger charge is -2.05. The molecule has 0 bridgehead atoms. The number of carbonyl (C=O) groups is 1. The normalized spacial score (nSPS) is 11.3. The predicted molar refractivity (Wildman–Crippen MR) is 58.1 cm³/mol. The second-order valence-corrected chi connectivity index (χ2v) is 5.29. The molecule has 8 heteroatoms. The Balaban J connectivity index is 2.74. The Morgan fingerprint density at radius 1 is 1.50 bits per heavy atom. The highest BCUT2D eigenvalue weighted by atomic mass is 79.9. The molecular formula is C8H8BrNO5S. The molecular weight excluding hydrogens is 302 g/mol. The molecule has 88 valence electrons. The molecule has 0 fully saturated rings. The topological polar surface area (TPSA) is 92.7 Å². The van der Waals surface area contributed by atoms with Gasteiger partial charge in [0.1, 0.15) is 0 Å². The summed E-state index contributed by atoms with van der Waals surface area (Å²) in [6.07, 6.45) is 0. The van der Waals surface area contributed by atoms with E-state index in [0.29, 0.717) is 4.47 Å². The van der Waals surface area contributed by atoms with Crippen LogP contribution in [0.5, 0.6) is 0 Å². The lowest BCUT2D eigenvalue weighted by molar-refractivity contribution is -0.143. The predicted octanol–water partition coefficient (Wildman–Crippen LogP) is 0.744. The number of nitrogens with one attached hydrogen (secondary N) is 1. The minimum absolute atomic E-state index is 0.0211. The largest absolute Gasteiger partial charge is 0.479 e. The van der Waals surface area contributed by atoms with Gasteiger partial charge in [0.2, 0.25) is 0 Å².